The maximum Gasteiger partial charge on any atom is 0.270 e. The average Bonchev–Trinajstić information content (AvgIpc) is 2.92. The third kappa shape index (κ3) is 4.38. The van der Waals surface area contributed by atoms with Crippen molar-refractivity contribution in [1.82, 2.24) is 5.32 Å². The summed E-state index contributed by atoms with van der Waals surface area (Å²) >= 11 is 10.6. The molecule has 23 heavy (non-hydrogen) atoms. The molecule has 9 heteroatoms. The van der Waals surface area contributed by atoms with Gasteiger partial charge in [-0.1, -0.05) is 11.6 Å². The molecule has 0 fully saturated rings. The predicted octanol–water partition coefficient (Wildman–Crippen LogP) is 2.88. The Kier molecular flexibility index (Phi) is 5.09. The number of thiocarbonyl (C=S) groups is 1. The molecular formula is C14H10ClN3O4S. The maximum absolute atomic E-state index is 11.4. The number of non-ortho nitro benzene ring substituents is 1. The Morgan fingerprint density at radius 2 is 2.13 bits per heavy atom. The Morgan fingerprint density at radius 3 is 2.74 bits per heavy atom. The molecule has 2 rings (SSSR count). The molecule has 3 N–H and O–H groups in total. The van der Waals surface area contributed by atoms with Gasteiger partial charge in [0.15, 0.2) is 5.11 Å². The van der Waals surface area contributed by atoms with Crippen LogP contribution in [0.25, 0.3) is 17.4 Å². The lowest BCUT2D eigenvalue weighted by Crippen LogP contribution is -2.33. The maximum atomic E-state index is 11.4. The number of halogens is 1. The monoisotopic (exact) mass is 351 g/mol. The van der Waals surface area contributed by atoms with Crippen molar-refractivity contribution in [1.29, 1.82) is 0 Å². The normalized spacial score (nSPS) is 10.7. The van der Waals surface area contributed by atoms with Crippen LogP contribution in [0.5, 0.6) is 0 Å². The van der Waals surface area contributed by atoms with E-state index in [0.717, 1.165) is 0 Å². The molecule has 0 radical (unpaired) electrons. The number of carbonyl (C=O) groups excluding carboxylic acids is 1. The van der Waals surface area contributed by atoms with Crippen LogP contribution in [-0.4, -0.2) is 15.9 Å². The van der Waals surface area contributed by atoms with Gasteiger partial charge in [-0.15, -0.1) is 0 Å². The molecule has 0 saturated carbocycles. The number of benzene rings is 1. The highest BCUT2D eigenvalue weighted by Crippen LogP contribution is 2.32. The molecule has 2 aromatic rings. The lowest BCUT2D eigenvalue weighted by atomic mass is 10.1. The first-order valence-corrected chi connectivity index (χ1v) is 6.98. The molecule has 0 bridgehead atoms. The fraction of sp³-hybridized carbons (Fsp3) is 0. The third-order valence-electron chi connectivity index (χ3n) is 2.70. The molecule has 0 aliphatic carbocycles. The molecule has 118 valence electrons. The van der Waals surface area contributed by atoms with Crippen molar-refractivity contribution in [3.05, 3.63) is 57.3 Å². The van der Waals surface area contributed by atoms with Crippen LogP contribution in [0.1, 0.15) is 5.76 Å². The van der Waals surface area contributed by atoms with Crippen molar-refractivity contribution >= 4 is 46.6 Å². The minimum Gasteiger partial charge on any atom is -0.457 e. The van der Waals surface area contributed by atoms with E-state index < -0.39 is 10.8 Å². The summed E-state index contributed by atoms with van der Waals surface area (Å²) in [6, 6.07) is 7.32. The standard InChI is InChI=1S/C14H10ClN3O4S/c15-11-7-8(18(20)21)1-4-10(11)12-5-2-9(22-12)3-6-13(19)17-14(16)23/h1-7H,(H3,16,17,19,23)/b6-3+. The van der Waals surface area contributed by atoms with Gasteiger partial charge in [-0.2, -0.15) is 0 Å². The highest BCUT2D eigenvalue weighted by atomic mass is 35.5. The Labute approximate surface area is 140 Å². The summed E-state index contributed by atoms with van der Waals surface area (Å²) in [5, 5.41) is 13.0. The summed E-state index contributed by atoms with van der Waals surface area (Å²) in [6.07, 6.45) is 2.63. The van der Waals surface area contributed by atoms with Crippen LogP contribution < -0.4 is 11.1 Å². The summed E-state index contributed by atoms with van der Waals surface area (Å²) in [7, 11) is 0. The molecule has 1 amide bonds. The average molecular weight is 352 g/mol. The summed E-state index contributed by atoms with van der Waals surface area (Å²) in [4.78, 5) is 21.5. The summed E-state index contributed by atoms with van der Waals surface area (Å²) in [5.74, 6) is 0.329. The van der Waals surface area contributed by atoms with Gasteiger partial charge in [-0.05, 0) is 36.5 Å². The smallest absolute Gasteiger partial charge is 0.270 e. The van der Waals surface area contributed by atoms with Gasteiger partial charge >= 0.3 is 0 Å². The second-order valence-corrected chi connectivity index (χ2v) is 5.16. The number of nitro benzene ring substituents is 1. The van der Waals surface area contributed by atoms with E-state index in [0.29, 0.717) is 17.1 Å². The van der Waals surface area contributed by atoms with Crippen molar-refractivity contribution in [2.24, 2.45) is 5.73 Å². The largest absolute Gasteiger partial charge is 0.457 e. The van der Waals surface area contributed by atoms with Crippen LogP contribution in [0.2, 0.25) is 5.02 Å². The molecule has 1 aromatic heterocycles. The lowest BCUT2D eigenvalue weighted by Gasteiger charge is -2.00. The number of amides is 1. The quantitative estimate of drug-likeness (QED) is 0.379. The Bertz CT molecular complexity index is 816. The molecule has 1 heterocycles. The molecule has 0 saturated heterocycles. The Hall–Kier alpha value is -2.71. The van der Waals surface area contributed by atoms with Crippen LogP contribution in [0.3, 0.4) is 0 Å². The van der Waals surface area contributed by atoms with Crippen molar-refractivity contribution in [2.45, 2.75) is 0 Å². The molecule has 0 atom stereocenters. The highest BCUT2D eigenvalue weighted by molar-refractivity contribution is 7.80. The second-order valence-electron chi connectivity index (χ2n) is 4.31. The van der Waals surface area contributed by atoms with Crippen LogP contribution in [0.4, 0.5) is 5.69 Å². The highest BCUT2D eigenvalue weighted by Gasteiger charge is 2.13. The number of nitrogens with zero attached hydrogens (tertiary/aromatic N) is 1. The van der Waals surface area contributed by atoms with Gasteiger partial charge < -0.3 is 10.2 Å². The lowest BCUT2D eigenvalue weighted by molar-refractivity contribution is -0.384. The van der Waals surface area contributed by atoms with Gasteiger partial charge in [-0.25, -0.2) is 0 Å². The topological polar surface area (TPSA) is 111 Å². The van der Waals surface area contributed by atoms with Crippen LogP contribution in [0, 0.1) is 10.1 Å². The zero-order chi connectivity index (χ0) is 17.0. The summed E-state index contributed by atoms with van der Waals surface area (Å²) in [5.41, 5.74) is 5.57. The van der Waals surface area contributed by atoms with Crippen molar-refractivity contribution < 1.29 is 14.1 Å². The van der Waals surface area contributed by atoms with E-state index in [2.05, 4.69) is 17.5 Å². The minimum absolute atomic E-state index is 0.111. The third-order valence-corrected chi connectivity index (χ3v) is 3.12. The van der Waals surface area contributed by atoms with E-state index in [4.69, 9.17) is 21.8 Å². The molecule has 7 nitrogen and oxygen atoms in total. The number of nitrogens with one attached hydrogen (secondary N) is 1. The SMILES string of the molecule is NC(=S)NC(=O)/C=C/c1ccc(-c2ccc([N+](=O)[O-])cc2Cl)o1. The Balaban J connectivity index is 2.19. The number of furan rings is 1. The molecule has 1 aromatic carbocycles. The van der Waals surface area contributed by atoms with Gasteiger partial charge in [-0.3, -0.25) is 20.2 Å². The van der Waals surface area contributed by atoms with Crippen LogP contribution in [0.15, 0.2) is 40.8 Å². The van der Waals surface area contributed by atoms with Gasteiger partial charge in [0.25, 0.3) is 5.69 Å². The number of nitro groups is 1. The van der Waals surface area contributed by atoms with E-state index in [1.54, 1.807) is 12.1 Å². The second kappa shape index (κ2) is 7.03. The van der Waals surface area contributed by atoms with E-state index in [-0.39, 0.29) is 15.8 Å². The molecule has 0 aliphatic heterocycles. The van der Waals surface area contributed by atoms with Gasteiger partial charge in [0.05, 0.1) is 9.95 Å². The first-order valence-electron chi connectivity index (χ1n) is 6.19. The van der Waals surface area contributed by atoms with Crippen molar-refractivity contribution in [3.8, 4) is 11.3 Å². The fourth-order valence-electron chi connectivity index (χ4n) is 1.73. The van der Waals surface area contributed by atoms with E-state index in [9.17, 15) is 14.9 Å². The molecule has 0 aliphatic rings. The zero-order valence-corrected chi connectivity index (χ0v) is 13.1. The van der Waals surface area contributed by atoms with Gasteiger partial charge in [0, 0.05) is 23.8 Å². The van der Waals surface area contributed by atoms with E-state index >= 15 is 0 Å². The summed E-state index contributed by atoms with van der Waals surface area (Å²) < 4.78 is 5.52. The molecule has 0 spiro atoms. The zero-order valence-electron chi connectivity index (χ0n) is 11.5. The van der Waals surface area contributed by atoms with Crippen LogP contribution >= 0.6 is 23.8 Å². The first-order chi connectivity index (χ1) is 10.9. The van der Waals surface area contributed by atoms with Gasteiger partial charge in [0.2, 0.25) is 5.91 Å². The van der Waals surface area contributed by atoms with Crippen molar-refractivity contribution in [2.75, 3.05) is 0 Å². The molecular weight excluding hydrogens is 342 g/mol. The van der Waals surface area contributed by atoms with E-state index in [1.165, 1.54) is 30.4 Å². The number of hydrogen-bond acceptors (Lipinski definition) is 5. The summed E-state index contributed by atoms with van der Waals surface area (Å²) in [6.45, 7) is 0. The number of hydrogen-bond donors (Lipinski definition) is 2. The number of nitrogens with two attached hydrogens (primary N) is 1. The van der Waals surface area contributed by atoms with Crippen molar-refractivity contribution in [3.63, 3.8) is 0 Å². The predicted molar refractivity (Wildman–Crippen MR) is 89.8 cm³/mol. The van der Waals surface area contributed by atoms with E-state index in [1.807, 2.05) is 0 Å². The number of carbonyl (C=O) groups is 1. The van der Waals surface area contributed by atoms with Crippen LogP contribution in [-0.2, 0) is 4.79 Å². The Morgan fingerprint density at radius 1 is 1.39 bits per heavy atom. The minimum atomic E-state index is -0.535. The molecule has 0 unspecified atom stereocenters. The fourth-order valence-corrected chi connectivity index (χ4v) is 2.09. The number of rotatable bonds is 4. The first kappa shape index (κ1) is 16.7. The van der Waals surface area contributed by atoms with Gasteiger partial charge in [0.1, 0.15) is 11.5 Å².